The fourth-order valence-electron chi connectivity index (χ4n) is 2.06. The molecule has 1 heterocycles. The summed E-state index contributed by atoms with van der Waals surface area (Å²) in [5.74, 6) is 0.268. The van der Waals surface area contributed by atoms with Gasteiger partial charge in [0.25, 0.3) is 5.91 Å². The molecule has 2 aromatic rings. The molecule has 1 aromatic heterocycles. The van der Waals surface area contributed by atoms with E-state index in [-0.39, 0.29) is 12.5 Å². The molecule has 6 heteroatoms. The molecule has 0 bridgehead atoms. The van der Waals surface area contributed by atoms with Gasteiger partial charge >= 0.3 is 0 Å². The maximum atomic E-state index is 12.3. The monoisotopic (exact) mass is 353 g/mol. The zero-order valence-electron chi connectivity index (χ0n) is 13.3. The molecule has 1 unspecified atom stereocenters. The minimum atomic E-state index is -1.06. The highest BCUT2D eigenvalue weighted by atomic mass is 35.5. The molecule has 0 aliphatic heterocycles. The van der Waals surface area contributed by atoms with Gasteiger partial charge in [0, 0.05) is 16.4 Å². The van der Waals surface area contributed by atoms with Gasteiger partial charge < -0.3 is 15.2 Å². The lowest BCUT2D eigenvalue weighted by atomic mass is 10.1. The van der Waals surface area contributed by atoms with E-state index in [1.807, 2.05) is 18.4 Å². The minimum Gasteiger partial charge on any atom is -0.478 e. The van der Waals surface area contributed by atoms with E-state index < -0.39 is 11.7 Å². The van der Waals surface area contributed by atoms with Gasteiger partial charge in [0.05, 0.1) is 0 Å². The van der Waals surface area contributed by atoms with E-state index >= 15 is 0 Å². The van der Waals surface area contributed by atoms with Crippen molar-refractivity contribution < 1.29 is 14.6 Å². The van der Waals surface area contributed by atoms with Crippen LogP contribution in [0.15, 0.2) is 35.7 Å². The molecule has 0 radical (unpaired) electrons. The topological polar surface area (TPSA) is 58.6 Å². The second-order valence-corrected chi connectivity index (χ2v) is 7.14. The van der Waals surface area contributed by atoms with Gasteiger partial charge in [-0.15, -0.1) is 11.3 Å². The Morgan fingerprint density at radius 1 is 1.35 bits per heavy atom. The van der Waals surface area contributed by atoms with Crippen LogP contribution in [0.5, 0.6) is 5.75 Å². The van der Waals surface area contributed by atoms with Gasteiger partial charge in [0.1, 0.15) is 11.9 Å². The van der Waals surface area contributed by atoms with Crippen molar-refractivity contribution in [2.24, 2.45) is 0 Å². The Balaban J connectivity index is 1.93. The summed E-state index contributed by atoms with van der Waals surface area (Å²) in [6, 6.07) is 8.77. The second kappa shape index (κ2) is 7.34. The molecule has 124 valence electrons. The summed E-state index contributed by atoms with van der Waals surface area (Å²) in [4.78, 5) is 13.2. The molecule has 1 amide bonds. The third kappa shape index (κ3) is 4.70. The average molecular weight is 354 g/mol. The molecule has 0 spiro atoms. The molecule has 1 aromatic carbocycles. The van der Waals surface area contributed by atoms with Crippen molar-refractivity contribution in [3.8, 4) is 5.75 Å². The maximum absolute atomic E-state index is 12.3. The number of aliphatic hydroxyl groups excluding tert-OH is 1. The fraction of sp³-hybridized carbons (Fsp3) is 0.353. The number of hydrogen-bond donors (Lipinski definition) is 2. The smallest absolute Gasteiger partial charge is 0.263 e. The number of rotatable bonds is 6. The Kier molecular flexibility index (Phi) is 5.68. The normalized spacial score (nSPS) is 12.7. The number of ether oxygens (including phenoxy) is 1. The molecular formula is C17H20ClNO3S. The minimum absolute atomic E-state index is 0.146. The Labute approximate surface area is 145 Å². The number of nitrogens with one attached hydrogen (secondary N) is 1. The summed E-state index contributed by atoms with van der Waals surface area (Å²) in [5, 5.41) is 15.4. The SMILES string of the molecule is Cc1ccsc1C(O)CNC(=O)C(C)(C)Oc1ccc(Cl)cc1. The third-order valence-corrected chi connectivity index (χ3v) is 4.77. The van der Waals surface area contributed by atoms with E-state index in [9.17, 15) is 9.90 Å². The first kappa shape index (κ1) is 17.8. The summed E-state index contributed by atoms with van der Waals surface area (Å²) in [6.45, 7) is 5.44. The number of carbonyl (C=O) groups excluding carboxylic acids is 1. The molecular weight excluding hydrogens is 334 g/mol. The Morgan fingerprint density at radius 2 is 2.00 bits per heavy atom. The molecule has 0 aliphatic carbocycles. The van der Waals surface area contributed by atoms with Crippen LogP contribution in [0.3, 0.4) is 0 Å². The largest absolute Gasteiger partial charge is 0.478 e. The number of aryl methyl sites for hydroxylation is 1. The van der Waals surface area contributed by atoms with Crippen LogP contribution in [-0.4, -0.2) is 23.2 Å². The van der Waals surface area contributed by atoms with Crippen LogP contribution in [-0.2, 0) is 4.79 Å². The lowest BCUT2D eigenvalue weighted by Crippen LogP contribution is -2.47. The van der Waals surface area contributed by atoms with Gasteiger partial charge in [0.2, 0.25) is 0 Å². The van der Waals surface area contributed by atoms with Gasteiger partial charge in [-0.25, -0.2) is 0 Å². The molecule has 0 saturated heterocycles. The number of amides is 1. The summed E-state index contributed by atoms with van der Waals surface area (Å²) in [5.41, 5.74) is -0.0358. The number of hydrogen-bond acceptors (Lipinski definition) is 4. The number of thiophene rings is 1. The van der Waals surface area contributed by atoms with E-state index in [0.29, 0.717) is 10.8 Å². The van der Waals surface area contributed by atoms with E-state index in [4.69, 9.17) is 16.3 Å². The standard InChI is InChI=1S/C17H20ClNO3S/c1-11-8-9-23-15(11)14(20)10-19-16(21)17(2,3)22-13-6-4-12(18)5-7-13/h4-9,14,20H,10H2,1-3H3,(H,19,21). The molecule has 0 saturated carbocycles. The Bertz CT molecular complexity index is 667. The van der Waals surface area contributed by atoms with Crippen molar-refractivity contribution in [1.82, 2.24) is 5.32 Å². The molecule has 0 aliphatic rings. The molecule has 2 N–H and O–H groups in total. The van der Waals surface area contributed by atoms with Crippen LogP contribution in [0.25, 0.3) is 0 Å². The van der Waals surface area contributed by atoms with Crippen LogP contribution >= 0.6 is 22.9 Å². The van der Waals surface area contributed by atoms with E-state index in [0.717, 1.165) is 10.4 Å². The highest BCUT2D eigenvalue weighted by molar-refractivity contribution is 7.10. The zero-order valence-corrected chi connectivity index (χ0v) is 14.9. The first-order valence-corrected chi connectivity index (χ1v) is 8.50. The summed E-state index contributed by atoms with van der Waals surface area (Å²) in [6.07, 6.45) is -0.717. The lowest BCUT2D eigenvalue weighted by molar-refractivity contribution is -0.134. The highest BCUT2D eigenvalue weighted by Gasteiger charge is 2.30. The van der Waals surface area contributed by atoms with Crippen molar-refractivity contribution in [2.45, 2.75) is 32.5 Å². The van der Waals surface area contributed by atoms with Crippen LogP contribution < -0.4 is 10.1 Å². The van der Waals surface area contributed by atoms with Gasteiger partial charge in [0.15, 0.2) is 5.60 Å². The number of aliphatic hydroxyl groups is 1. The molecule has 23 heavy (non-hydrogen) atoms. The molecule has 1 atom stereocenters. The first-order valence-electron chi connectivity index (χ1n) is 7.24. The van der Waals surface area contributed by atoms with E-state index in [1.165, 1.54) is 11.3 Å². The van der Waals surface area contributed by atoms with Gasteiger partial charge in [-0.1, -0.05) is 11.6 Å². The van der Waals surface area contributed by atoms with Crippen molar-refractivity contribution in [1.29, 1.82) is 0 Å². The summed E-state index contributed by atoms with van der Waals surface area (Å²) in [7, 11) is 0. The predicted molar refractivity (Wildman–Crippen MR) is 93.2 cm³/mol. The Morgan fingerprint density at radius 3 is 2.57 bits per heavy atom. The molecule has 0 fully saturated rings. The summed E-state index contributed by atoms with van der Waals surface area (Å²) >= 11 is 7.31. The predicted octanol–water partition coefficient (Wildman–Crippen LogP) is 3.72. The number of benzene rings is 1. The third-order valence-electron chi connectivity index (χ3n) is 3.39. The molecule has 2 rings (SSSR count). The quantitative estimate of drug-likeness (QED) is 0.832. The van der Waals surface area contributed by atoms with E-state index in [2.05, 4.69) is 5.32 Å². The highest BCUT2D eigenvalue weighted by Crippen LogP contribution is 2.24. The zero-order chi connectivity index (χ0) is 17.0. The molecule has 4 nitrogen and oxygen atoms in total. The van der Waals surface area contributed by atoms with Crippen LogP contribution in [0.2, 0.25) is 5.02 Å². The first-order chi connectivity index (χ1) is 10.8. The van der Waals surface area contributed by atoms with Crippen molar-refractivity contribution in [2.75, 3.05) is 6.54 Å². The van der Waals surface area contributed by atoms with Gasteiger partial charge in [-0.3, -0.25) is 4.79 Å². The number of halogens is 1. The average Bonchev–Trinajstić information content (AvgIpc) is 2.92. The lowest BCUT2D eigenvalue weighted by Gasteiger charge is -2.26. The number of carbonyl (C=O) groups is 1. The fourth-order valence-corrected chi connectivity index (χ4v) is 3.10. The summed E-state index contributed by atoms with van der Waals surface area (Å²) < 4.78 is 5.72. The van der Waals surface area contributed by atoms with Crippen molar-refractivity contribution in [3.05, 3.63) is 51.2 Å². The van der Waals surface area contributed by atoms with Crippen LogP contribution in [0.4, 0.5) is 0 Å². The van der Waals surface area contributed by atoms with Gasteiger partial charge in [-0.2, -0.15) is 0 Å². The van der Waals surface area contributed by atoms with E-state index in [1.54, 1.807) is 38.1 Å². The van der Waals surface area contributed by atoms with Crippen LogP contribution in [0, 0.1) is 6.92 Å². The Hall–Kier alpha value is -1.56. The van der Waals surface area contributed by atoms with Crippen LogP contribution in [0.1, 0.15) is 30.4 Å². The maximum Gasteiger partial charge on any atom is 0.263 e. The van der Waals surface area contributed by atoms with Gasteiger partial charge in [-0.05, 0) is 62.0 Å². The van der Waals surface area contributed by atoms with Crippen molar-refractivity contribution >= 4 is 28.8 Å². The van der Waals surface area contributed by atoms with Crippen molar-refractivity contribution in [3.63, 3.8) is 0 Å². The second-order valence-electron chi connectivity index (χ2n) is 5.76.